The van der Waals surface area contributed by atoms with Gasteiger partial charge in [0.05, 0.1) is 16.7 Å². The first kappa shape index (κ1) is 21.9. The molecule has 0 fully saturated rings. The van der Waals surface area contributed by atoms with E-state index in [1.807, 2.05) is 24.4 Å². The van der Waals surface area contributed by atoms with E-state index in [0.29, 0.717) is 0 Å². The van der Waals surface area contributed by atoms with Gasteiger partial charge in [-0.05, 0) is 78.2 Å². The number of hydrogen-bond acceptors (Lipinski definition) is 2. The lowest BCUT2D eigenvalue weighted by atomic mass is 9.93. The van der Waals surface area contributed by atoms with Gasteiger partial charge in [0.1, 0.15) is 11.2 Å². The molecule has 3 heterocycles. The van der Waals surface area contributed by atoms with E-state index in [2.05, 4.69) is 115 Å². The van der Waals surface area contributed by atoms with Crippen molar-refractivity contribution in [1.82, 2.24) is 9.55 Å². The van der Waals surface area contributed by atoms with Crippen LogP contribution in [0.2, 0.25) is 0 Å². The molecular weight excluding hydrogens is 476 g/mol. The van der Waals surface area contributed by atoms with Gasteiger partial charge in [0.15, 0.2) is 0 Å². The summed E-state index contributed by atoms with van der Waals surface area (Å²) in [6, 6.07) is 42.8. The van der Waals surface area contributed by atoms with Crippen LogP contribution in [0.3, 0.4) is 0 Å². The van der Waals surface area contributed by atoms with E-state index < -0.39 is 0 Å². The van der Waals surface area contributed by atoms with Crippen LogP contribution in [-0.4, -0.2) is 9.55 Å². The Kier molecular flexibility index (Phi) is 4.74. The molecule has 3 aromatic heterocycles. The molecule has 0 aliphatic heterocycles. The summed E-state index contributed by atoms with van der Waals surface area (Å²) in [5, 5.41) is 4.77. The van der Waals surface area contributed by atoms with E-state index in [1.165, 1.54) is 32.9 Å². The predicted molar refractivity (Wildman–Crippen MR) is 161 cm³/mol. The van der Waals surface area contributed by atoms with Crippen LogP contribution in [0.25, 0.3) is 71.8 Å². The minimum absolute atomic E-state index is 0.904. The van der Waals surface area contributed by atoms with Crippen molar-refractivity contribution in [2.45, 2.75) is 6.92 Å². The lowest BCUT2D eigenvalue weighted by Crippen LogP contribution is -1.99. The molecule has 39 heavy (non-hydrogen) atoms. The molecule has 3 nitrogen and oxygen atoms in total. The lowest BCUT2D eigenvalue weighted by Gasteiger charge is -2.17. The highest BCUT2D eigenvalue weighted by molar-refractivity contribution is 6.10. The van der Waals surface area contributed by atoms with Crippen LogP contribution in [0.15, 0.2) is 132 Å². The van der Waals surface area contributed by atoms with E-state index >= 15 is 0 Å². The first-order valence-electron chi connectivity index (χ1n) is 13.2. The van der Waals surface area contributed by atoms with E-state index in [4.69, 9.17) is 9.40 Å². The molecule has 0 spiro atoms. The molecule has 0 aliphatic carbocycles. The van der Waals surface area contributed by atoms with Crippen LogP contribution < -0.4 is 0 Å². The number of benzene rings is 5. The van der Waals surface area contributed by atoms with Crippen LogP contribution in [-0.2, 0) is 0 Å². The molecule has 0 saturated heterocycles. The molecule has 0 bridgehead atoms. The van der Waals surface area contributed by atoms with Crippen molar-refractivity contribution < 1.29 is 4.42 Å². The van der Waals surface area contributed by atoms with E-state index in [0.717, 1.165) is 44.4 Å². The summed E-state index contributed by atoms with van der Waals surface area (Å²) in [5.41, 5.74) is 10.9. The predicted octanol–water partition coefficient (Wildman–Crippen LogP) is 9.72. The topological polar surface area (TPSA) is 31.0 Å². The smallest absolute Gasteiger partial charge is 0.135 e. The number of nitrogens with zero attached hydrogens (tertiary/aromatic N) is 2. The minimum atomic E-state index is 0.904. The van der Waals surface area contributed by atoms with Crippen LogP contribution in [0.5, 0.6) is 0 Å². The molecular formula is C36H24N2O. The van der Waals surface area contributed by atoms with Gasteiger partial charge in [0.25, 0.3) is 0 Å². The summed E-state index contributed by atoms with van der Waals surface area (Å²) in [6.45, 7) is 2.20. The van der Waals surface area contributed by atoms with Gasteiger partial charge in [-0.15, -0.1) is 0 Å². The molecule has 8 aromatic rings. The van der Waals surface area contributed by atoms with E-state index in [1.54, 1.807) is 0 Å². The Labute approximate surface area is 225 Å². The molecule has 8 rings (SSSR count). The quantitative estimate of drug-likeness (QED) is 0.242. The summed E-state index contributed by atoms with van der Waals surface area (Å²) < 4.78 is 8.51. The molecule has 0 radical (unpaired) electrons. The van der Waals surface area contributed by atoms with Gasteiger partial charge in [-0.25, -0.2) is 0 Å². The fraction of sp³-hybridized carbons (Fsp3) is 0.0278. The second-order valence-corrected chi connectivity index (χ2v) is 10.1. The van der Waals surface area contributed by atoms with Gasteiger partial charge in [0.2, 0.25) is 0 Å². The average molecular weight is 501 g/mol. The van der Waals surface area contributed by atoms with Crippen molar-refractivity contribution in [1.29, 1.82) is 0 Å². The Bertz CT molecular complexity index is 2130. The molecule has 0 N–H and O–H groups in total. The number of para-hydroxylation sites is 3. The highest BCUT2D eigenvalue weighted by Crippen LogP contribution is 2.39. The maximum atomic E-state index is 6.13. The molecule has 3 heteroatoms. The maximum absolute atomic E-state index is 6.13. The highest BCUT2D eigenvalue weighted by atomic mass is 16.3. The third kappa shape index (κ3) is 3.33. The van der Waals surface area contributed by atoms with Crippen molar-refractivity contribution in [3.05, 3.63) is 133 Å². The Morgan fingerprint density at radius 3 is 1.95 bits per heavy atom. The second-order valence-electron chi connectivity index (χ2n) is 10.1. The zero-order valence-electron chi connectivity index (χ0n) is 21.4. The van der Waals surface area contributed by atoms with Gasteiger partial charge >= 0.3 is 0 Å². The fourth-order valence-electron chi connectivity index (χ4n) is 6.01. The molecule has 0 amide bonds. The van der Waals surface area contributed by atoms with Crippen molar-refractivity contribution in [2.24, 2.45) is 0 Å². The molecule has 5 aromatic carbocycles. The first-order valence-corrected chi connectivity index (χ1v) is 13.2. The van der Waals surface area contributed by atoms with Gasteiger partial charge in [0, 0.05) is 39.0 Å². The van der Waals surface area contributed by atoms with Crippen LogP contribution >= 0.6 is 0 Å². The summed E-state index contributed by atoms with van der Waals surface area (Å²) in [5.74, 6) is 0. The lowest BCUT2D eigenvalue weighted by molar-refractivity contribution is 0.669. The SMILES string of the molecule is Cc1c(-c2ccc3oc4ccccc4c3c2)cc(-n2c3ccccc3c3ccccc32)cc1-c1ccccn1. The van der Waals surface area contributed by atoms with Crippen LogP contribution in [0.4, 0.5) is 0 Å². The first-order chi connectivity index (χ1) is 19.3. The molecule has 184 valence electrons. The third-order valence-electron chi connectivity index (χ3n) is 7.86. The largest absolute Gasteiger partial charge is 0.456 e. The number of hydrogen-bond donors (Lipinski definition) is 0. The minimum Gasteiger partial charge on any atom is -0.456 e. The fourth-order valence-corrected chi connectivity index (χ4v) is 6.01. The zero-order valence-corrected chi connectivity index (χ0v) is 21.4. The summed E-state index contributed by atoms with van der Waals surface area (Å²) >= 11 is 0. The van der Waals surface area contributed by atoms with Gasteiger partial charge < -0.3 is 8.98 Å². The van der Waals surface area contributed by atoms with Crippen molar-refractivity contribution in [3.8, 4) is 28.1 Å². The van der Waals surface area contributed by atoms with Gasteiger partial charge in [-0.1, -0.05) is 66.7 Å². The summed E-state index contributed by atoms with van der Waals surface area (Å²) in [7, 11) is 0. The monoisotopic (exact) mass is 500 g/mol. The zero-order chi connectivity index (χ0) is 25.9. The van der Waals surface area contributed by atoms with E-state index in [-0.39, 0.29) is 0 Å². The molecule has 0 aliphatic rings. The Hall–Kier alpha value is -5.15. The van der Waals surface area contributed by atoms with Crippen molar-refractivity contribution in [2.75, 3.05) is 0 Å². The number of fused-ring (bicyclic) bond motifs is 6. The van der Waals surface area contributed by atoms with Crippen LogP contribution in [0.1, 0.15) is 5.56 Å². The summed E-state index contributed by atoms with van der Waals surface area (Å²) in [4.78, 5) is 4.75. The molecule has 0 unspecified atom stereocenters. The third-order valence-corrected chi connectivity index (χ3v) is 7.86. The second kappa shape index (κ2) is 8.44. The Morgan fingerprint density at radius 2 is 1.21 bits per heavy atom. The summed E-state index contributed by atoms with van der Waals surface area (Å²) in [6.07, 6.45) is 1.87. The number of rotatable bonds is 3. The standard InChI is InChI=1S/C36H24N2O/c1-23-29(24-17-18-36-31(20-24)28-12-4-7-16-35(28)39-36)21-25(22-30(23)32-13-8-9-19-37-32)38-33-14-5-2-10-26(33)27-11-3-6-15-34(27)38/h2-22H,1H3. The normalized spacial score (nSPS) is 11.7. The van der Waals surface area contributed by atoms with E-state index in [9.17, 15) is 0 Å². The Balaban J connectivity index is 1.46. The Morgan fingerprint density at radius 1 is 0.564 bits per heavy atom. The van der Waals surface area contributed by atoms with Crippen molar-refractivity contribution in [3.63, 3.8) is 0 Å². The molecule has 0 saturated carbocycles. The van der Waals surface area contributed by atoms with Gasteiger partial charge in [-0.2, -0.15) is 0 Å². The average Bonchev–Trinajstić information content (AvgIpc) is 3.53. The number of furan rings is 1. The van der Waals surface area contributed by atoms with Crippen LogP contribution in [0, 0.1) is 6.92 Å². The number of pyridine rings is 1. The van der Waals surface area contributed by atoms with Gasteiger partial charge in [-0.3, -0.25) is 4.98 Å². The maximum Gasteiger partial charge on any atom is 0.135 e. The number of aromatic nitrogens is 2. The van der Waals surface area contributed by atoms with Crippen molar-refractivity contribution >= 4 is 43.7 Å². The molecule has 0 atom stereocenters. The highest BCUT2D eigenvalue weighted by Gasteiger charge is 2.18.